The van der Waals surface area contributed by atoms with Crippen LogP contribution in [-0.2, 0) is 20.8 Å². The maximum atomic E-state index is 12.3. The van der Waals surface area contributed by atoms with E-state index in [1.165, 1.54) is 0 Å². The number of carbonyl (C=O) groups excluding carboxylic acids is 2. The van der Waals surface area contributed by atoms with Crippen LogP contribution in [0.15, 0.2) is 57.2 Å². The van der Waals surface area contributed by atoms with Crippen molar-refractivity contribution in [3.63, 3.8) is 0 Å². The molecule has 0 aliphatic carbocycles. The highest BCUT2D eigenvalue weighted by Crippen LogP contribution is 2.32. The first-order chi connectivity index (χ1) is 20.8. The number of benzene rings is 1. The third-order valence-corrected chi connectivity index (χ3v) is 9.21. The van der Waals surface area contributed by atoms with Gasteiger partial charge in [0.1, 0.15) is 0 Å². The van der Waals surface area contributed by atoms with Crippen LogP contribution in [0.3, 0.4) is 0 Å². The van der Waals surface area contributed by atoms with Gasteiger partial charge in [-0.3, -0.25) is 14.4 Å². The Labute approximate surface area is 256 Å². The van der Waals surface area contributed by atoms with Gasteiger partial charge in [-0.2, -0.15) is 0 Å². The van der Waals surface area contributed by atoms with Crippen LogP contribution in [0.4, 0.5) is 0 Å². The number of hydrogen-bond donors (Lipinski definition) is 4. The van der Waals surface area contributed by atoms with Gasteiger partial charge in [0.15, 0.2) is 0 Å². The van der Waals surface area contributed by atoms with Crippen LogP contribution >= 0.6 is 0 Å². The molecule has 0 unspecified atom stereocenters. The van der Waals surface area contributed by atoms with Gasteiger partial charge in [0.25, 0.3) is 11.8 Å². The number of nitrogens with one attached hydrogen (secondary N) is 3. The quantitative estimate of drug-likeness (QED) is 0.317. The summed E-state index contributed by atoms with van der Waals surface area (Å²) in [6.45, 7) is 15.7. The van der Waals surface area contributed by atoms with Crippen molar-refractivity contribution in [3.05, 3.63) is 108 Å². The number of nitrogens with zero attached hydrogens (tertiary/aromatic N) is 1. The molecule has 5 rings (SSSR count). The van der Waals surface area contributed by atoms with E-state index >= 15 is 0 Å². The summed E-state index contributed by atoms with van der Waals surface area (Å²) in [7, 11) is 0. The van der Waals surface area contributed by atoms with Crippen molar-refractivity contribution in [2.24, 2.45) is 4.99 Å². The van der Waals surface area contributed by atoms with Gasteiger partial charge in [0, 0.05) is 39.9 Å². The number of aliphatic imine (C=N–C) groups is 1. The highest BCUT2D eigenvalue weighted by atomic mass is 16.4. The van der Waals surface area contributed by atoms with E-state index in [4.69, 9.17) is 0 Å². The van der Waals surface area contributed by atoms with Gasteiger partial charge < -0.3 is 20.4 Å². The smallest absolute Gasteiger partial charge is 0.303 e. The number of carboxylic acids is 1. The van der Waals surface area contributed by atoms with Crippen molar-refractivity contribution >= 4 is 41.2 Å². The molecule has 1 aromatic carbocycles. The second-order valence-corrected chi connectivity index (χ2v) is 11.7. The van der Waals surface area contributed by atoms with Gasteiger partial charge in [0.05, 0.1) is 16.8 Å². The van der Waals surface area contributed by atoms with Crippen molar-refractivity contribution in [1.82, 2.24) is 15.3 Å². The molecule has 4 N–H and O–H groups in total. The molecule has 44 heavy (non-hydrogen) atoms. The normalized spacial score (nSPS) is 17.3. The minimum atomic E-state index is -0.853. The Bertz CT molecular complexity index is 2020. The molecule has 0 saturated heterocycles. The lowest BCUT2D eigenvalue weighted by Gasteiger charge is -2.14. The summed E-state index contributed by atoms with van der Waals surface area (Å²) in [5, 5.41) is 14.2. The van der Waals surface area contributed by atoms with Crippen LogP contribution in [0.2, 0.25) is 0 Å². The fraction of sp³-hybridized carbons (Fsp3) is 0.278. The average molecular weight is 591 g/mol. The molecule has 2 aliphatic heterocycles. The summed E-state index contributed by atoms with van der Waals surface area (Å²) in [4.78, 5) is 47.7. The zero-order valence-electron chi connectivity index (χ0n) is 26.5. The summed E-state index contributed by atoms with van der Waals surface area (Å²) in [5.74, 6) is -1.16. The molecule has 0 radical (unpaired) electrons. The first-order valence-corrected chi connectivity index (χ1v) is 14.7. The summed E-state index contributed by atoms with van der Waals surface area (Å²) >= 11 is 0. The van der Waals surface area contributed by atoms with Crippen LogP contribution in [0, 0.1) is 27.7 Å². The summed E-state index contributed by atoms with van der Waals surface area (Å²) < 4.78 is 0. The second-order valence-electron chi connectivity index (χ2n) is 11.7. The maximum absolute atomic E-state index is 12.3. The fourth-order valence-electron chi connectivity index (χ4n) is 5.71. The van der Waals surface area contributed by atoms with Crippen LogP contribution < -0.4 is 16.0 Å². The number of aromatic nitrogens is 2. The van der Waals surface area contributed by atoms with Crippen molar-refractivity contribution in [3.8, 4) is 0 Å². The Kier molecular flexibility index (Phi) is 8.04. The highest BCUT2D eigenvalue weighted by Gasteiger charge is 2.24. The number of aryl methyl sites for hydroxylation is 1. The predicted octanol–water partition coefficient (Wildman–Crippen LogP) is 4.75. The lowest BCUT2D eigenvalue weighted by molar-refractivity contribution is -0.137. The molecule has 2 amide bonds. The van der Waals surface area contributed by atoms with Gasteiger partial charge >= 0.3 is 5.97 Å². The summed E-state index contributed by atoms with van der Waals surface area (Å²) in [6.07, 6.45) is 4.28. The topological polar surface area (TPSA) is 127 Å². The van der Waals surface area contributed by atoms with Crippen molar-refractivity contribution in [2.45, 2.75) is 68.2 Å². The zero-order valence-corrected chi connectivity index (χ0v) is 26.5. The monoisotopic (exact) mass is 590 g/mol. The van der Waals surface area contributed by atoms with Crippen LogP contribution in [0.1, 0.15) is 78.9 Å². The van der Waals surface area contributed by atoms with Crippen molar-refractivity contribution < 1.29 is 19.5 Å². The molecule has 226 valence electrons. The van der Waals surface area contributed by atoms with Crippen molar-refractivity contribution in [2.75, 3.05) is 0 Å². The third-order valence-electron chi connectivity index (χ3n) is 9.21. The number of rotatable bonds is 7. The number of amides is 2. The molecule has 0 bridgehead atoms. The van der Waals surface area contributed by atoms with Gasteiger partial charge in [-0.1, -0.05) is 24.3 Å². The minimum absolute atomic E-state index is 0.00954. The van der Waals surface area contributed by atoms with E-state index in [0.717, 1.165) is 77.9 Å². The van der Waals surface area contributed by atoms with Crippen molar-refractivity contribution in [1.29, 1.82) is 0 Å². The van der Waals surface area contributed by atoms with E-state index in [0.29, 0.717) is 23.3 Å². The minimum Gasteiger partial charge on any atom is -0.481 e. The predicted molar refractivity (Wildman–Crippen MR) is 174 cm³/mol. The number of hydrogen-bond acceptors (Lipinski definition) is 3. The van der Waals surface area contributed by atoms with Gasteiger partial charge in [-0.05, 0) is 118 Å². The number of allylic oxidation sites excluding steroid dienone is 2. The summed E-state index contributed by atoms with van der Waals surface area (Å²) in [5.41, 5.74) is 13.2. The molecule has 0 spiro atoms. The molecule has 4 heterocycles. The Hall–Kier alpha value is -4.98. The van der Waals surface area contributed by atoms with E-state index in [1.807, 2.05) is 64.1 Å². The fourth-order valence-corrected chi connectivity index (χ4v) is 5.71. The maximum Gasteiger partial charge on any atom is 0.303 e. The Morgan fingerprint density at radius 3 is 2.14 bits per heavy atom. The van der Waals surface area contributed by atoms with E-state index in [1.54, 1.807) is 6.92 Å². The SMILES string of the molecule is CC1=C(C)C(/C=c2/[nH]/c(=C(/c3ccccc3CCC(=O)O)c3[nH]c(/C=C4\NC(=O)C(C)=C4C)c(C)c3C)c(C)c2C)=NC1=O. The van der Waals surface area contributed by atoms with Crippen LogP contribution in [-0.4, -0.2) is 38.6 Å². The third kappa shape index (κ3) is 5.32. The zero-order chi connectivity index (χ0) is 32.0. The Morgan fingerprint density at radius 1 is 0.818 bits per heavy atom. The molecular formula is C36H38N4O4. The van der Waals surface area contributed by atoms with E-state index in [2.05, 4.69) is 41.0 Å². The molecule has 0 atom stereocenters. The lowest BCUT2D eigenvalue weighted by atomic mass is 9.92. The van der Waals surface area contributed by atoms with E-state index in [9.17, 15) is 19.5 Å². The first-order valence-electron chi connectivity index (χ1n) is 14.7. The van der Waals surface area contributed by atoms with Crippen LogP contribution in [0.25, 0.3) is 17.7 Å². The molecule has 8 heteroatoms. The molecule has 0 fully saturated rings. The number of H-pyrrole nitrogens is 2. The Morgan fingerprint density at radius 2 is 1.52 bits per heavy atom. The highest BCUT2D eigenvalue weighted by molar-refractivity contribution is 6.30. The molecule has 3 aromatic rings. The molecule has 2 aromatic heterocycles. The van der Waals surface area contributed by atoms with E-state index in [-0.39, 0.29) is 18.2 Å². The van der Waals surface area contributed by atoms with Gasteiger partial charge in [0.2, 0.25) is 0 Å². The number of aliphatic carboxylic acids is 1. The van der Waals surface area contributed by atoms with Gasteiger partial charge in [-0.25, -0.2) is 4.99 Å². The van der Waals surface area contributed by atoms with E-state index < -0.39 is 5.97 Å². The average Bonchev–Trinajstić information content (AvgIpc) is 3.60. The molecule has 0 saturated carbocycles. The first kappa shape index (κ1) is 30.5. The number of carboxylic acid groups (broad SMARTS) is 1. The molecular weight excluding hydrogens is 552 g/mol. The molecule has 2 aliphatic rings. The van der Waals surface area contributed by atoms with Gasteiger partial charge in [-0.15, -0.1) is 0 Å². The standard InChI is InChI=1S/C36H38N4O4/c1-17-21(5)33(37-27(17)15-29-19(3)23(7)35(43)39-29)32(26-12-10-9-11-25(26)13-14-31(41)42)34-22(6)18(2)28(38-34)16-30-20(4)24(8)36(44)40-30/h9-12,15-16,37-38H,13-14H2,1-8H3,(H,39,43)(H,41,42)/b28-16+,29-15-,34-32-. The number of aromatic amines is 2. The second kappa shape index (κ2) is 11.6. The summed E-state index contributed by atoms with van der Waals surface area (Å²) in [6, 6.07) is 7.90. The largest absolute Gasteiger partial charge is 0.481 e. The number of carbonyl (C=O) groups is 3. The molecule has 8 nitrogen and oxygen atoms in total. The Balaban J connectivity index is 1.81. The van der Waals surface area contributed by atoms with Crippen LogP contribution in [0.5, 0.6) is 0 Å². The lowest BCUT2D eigenvalue weighted by Crippen LogP contribution is -2.18.